The number of carbonyl (C=O) groups is 2. The van der Waals surface area contributed by atoms with Crippen LogP contribution in [0.5, 0.6) is 0 Å². The summed E-state index contributed by atoms with van der Waals surface area (Å²) in [7, 11) is 3.97. The fourth-order valence-corrected chi connectivity index (χ4v) is 2.15. The molecule has 0 aliphatic rings. The number of benzene rings is 2. The minimum absolute atomic E-state index is 0.0730. The van der Waals surface area contributed by atoms with Crippen LogP contribution in [0.4, 0.5) is 11.4 Å². The van der Waals surface area contributed by atoms with Crippen LogP contribution in [0.25, 0.3) is 6.08 Å². The maximum atomic E-state index is 12.3. The first-order valence-electron chi connectivity index (χ1n) is 7.89. The van der Waals surface area contributed by atoms with E-state index in [-0.39, 0.29) is 11.7 Å². The van der Waals surface area contributed by atoms with Crippen LogP contribution in [0.15, 0.2) is 54.6 Å². The fraction of sp³-hybridized carbons (Fsp3) is 0.200. The van der Waals surface area contributed by atoms with Crippen LogP contribution in [0.1, 0.15) is 29.3 Å². The van der Waals surface area contributed by atoms with Gasteiger partial charge in [-0.3, -0.25) is 9.59 Å². The normalized spacial score (nSPS) is 10.6. The molecule has 0 radical (unpaired) electrons. The summed E-state index contributed by atoms with van der Waals surface area (Å²) in [5.41, 5.74) is 3.25. The molecule has 2 rings (SSSR count). The molecule has 0 aliphatic heterocycles. The summed E-state index contributed by atoms with van der Waals surface area (Å²) in [6.07, 6.45) is 3.74. The van der Waals surface area contributed by atoms with Crippen molar-refractivity contribution in [3.63, 3.8) is 0 Å². The lowest BCUT2D eigenvalue weighted by Gasteiger charge is -2.11. The van der Waals surface area contributed by atoms with E-state index >= 15 is 0 Å². The van der Waals surface area contributed by atoms with Crippen molar-refractivity contribution in [2.75, 3.05) is 24.3 Å². The quantitative estimate of drug-likeness (QED) is 0.646. The summed E-state index contributed by atoms with van der Waals surface area (Å²) in [5, 5.41) is 2.76. The molecular weight excluding hydrogens is 300 g/mol. The molecule has 0 unspecified atom stereocenters. The molecule has 0 fully saturated rings. The molecule has 0 atom stereocenters. The number of hydrogen-bond acceptors (Lipinski definition) is 3. The van der Waals surface area contributed by atoms with Gasteiger partial charge in [0.25, 0.3) is 0 Å². The van der Waals surface area contributed by atoms with Crippen molar-refractivity contribution in [3.05, 3.63) is 65.7 Å². The van der Waals surface area contributed by atoms with Crippen LogP contribution in [-0.2, 0) is 4.79 Å². The van der Waals surface area contributed by atoms with Gasteiger partial charge in [0.05, 0.1) is 0 Å². The van der Waals surface area contributed by atoms with Gasteiger partial charge in [-0.15, -0.1) is 0 Å². The third-order valence-electron chi connectivity index (χ3n) is 3.59. The van der Waals surface area contributed by atoms with E-state index in [4.69, 9.17) is 0 Å². The monoisotopic (exact) mass is 322 g/mol. The fourth-order valence-electron chi connectivity index (χ4n) is 2.15. The smallest absolute Gasteiger partial charge is 0.224 e. The van der Waals surface area contributed by atoms with Gasteiger partial charge in [-0.1, -0.05) is 37.3 Å². The zero-order valence-corrected chi connectivity index (χ0v) is 14.2. The summed E-state index contributed by atoms with van der Waals surface area (Å²) in [6, 6.07) is 14.9. The van der Waals surface area contributed by atoms with Crippen molar-refractivity contribution >= 4 is 29.1 Å². The van der Waals surface area contributed by atoms with E-state index in [9.17, 15) is 9.59 Å². The second-order valence-corrected chi connectivity index (χ2v) is 5.67. The van der Waals surface area contributed by atoms with E-state index in [2.05, 4.69) is 5.32 Å². The number of ketones is 1. The molecule has 0 bridgehead atoms. The standard InChI is InChI=1S/C20H22N2O2/c1-4-20(24)21-17-7-5-6-16(14-17)19(23)13-10-15-8-11-18(12-9-15)22(2)3/h5-14H,4H2,1-3H3,(H,21,24). The Labute approximate surface area is 142 Å². The zero-order valence-electron chi connectivity index (χ0n) is 14.2. The van der Waals surface area contributed by atoms with Gasteiger partial charge >= 0.3 is 0 Å². The number of amides is 1. The molecule has 2 aromatic carbocycles. The van der Waals surface area contributed by atoms with Crippen LogP contribution in [0.3, 0.4) is 0 Å². The lowest BCUT2D eigenvalue weighted by atomic mass is 10.1. The first-order valence-corrected chi connectivity index (χ1v) is 7.89. The highest BCUT2D eigenvalue weighted by atomic mass is 16.1. The topological polar surface area (TPSA) is 49.4 Å². The summed E-state index contributed by atoms with van der Waals surface area (Å²) in [4.78, 5) is 25.8. The van der Waals surface area contributed by atoms with E-state index in [0.717, 1.165) is 11.3 Å². The molecular formula is C20H22N2O2. The van der Waals surface area contributed by atoms with Crippen LogP contribution in [-0.4, -0.2) is 25.8 Å². The summed E-state index contributed by atoms with van der Waals surface area (Å²) in [6.45, 7) is 1.79. The molecule has 4 nitrogen and oxygen atoms in total. The summed E-state index contributed by atoms with van der Waals surface area (Å²) >= 11 is 0. The van der Waals surface area contributed by atoms with Gasteiger partial charge < -0.3 is 10.2 Å². The number of hydrogen-bond donors (Lipinski definition) is 1. The Morgan fingerprint density at radius 3 is 2.42 bits per heavy atom. The van der Waals surface area contributed by atoms with E-state index in [1.165, 1.54) is 0 Å². The van der Waals surface area contributed by atoms with Crippen molar-refractivity contribution in [3.8, 4) is 0 Å². The van der Waals surface area contributed by atoms with Crippen molar-refractivity contribution in [1.29, 1.82) is 0 Å². The van der Waals surface area contributed by atoms with Crippen molar-refractivity contribution in [1.82, 2.24) is 0 Å². The Bertz CT molecular complexity index is 746. The second-order valence-electron chi connectivity index (χ2n) is 5.67. The van der Waals surface area contributed by atoms with Gasteiger partial charge in [0.15, 0.2) is 5.78 Å². The first kappa shape index (κ1) is 17.5. The molecule has 24 heavy (non-hydrogen) atoms. The van der Waals surface area contributed by atoms with E-state index in [1.807, 2.05) is 43.3 Å². The van der Waals surface area contributed by atoms with Crippen molar-refractivity contribution < 1.29 is 9.59 Å². The number of anilines is 2. The number of rotatable bonds is 6. The number of carbonyl (C=O) groups excluding carboxylic acids is 2. The Morgan fingerprint density at radius 2 is 1.79 bits per heavy atom. The van der Waals surface area contributed by atoms with E-state index < -0.39 is 0 Å². The van der Waals surface area contributed by atoms with Crippen LogP contribution in [0.2, 0.25) is 0 Å². The van der Waals surface area contributed by atoms with Gasteiger partial charge in [0.2, 0.25) is 5.91 Å². The average Bonchev–Trinajstić information content (AvgIpc) is 2.60. The Balaban J connectivity index is 2.08. The third-order valence-corrected chi connectivity index (χ3v) is 3.59. The molecule has 0 heterocycles. The highest BCUT2D eigenvalue weighted by Gasteiger charge is 2.05. The minimum Gasteiger partial charge on any atom is -0.378 e. The molecule has 1 N–H and O–H groups in total. The van der Waals surface area contributed by atoms with Gasteiger partial charge in [-0.25, -0.2) is 0 Å². The van der Waals surface area contributed by atoms with Crippen LogP contribution >= 0.6 is 0 Å². The van der Waals surface area contributed by atoms with Crippen molar-refractivity contribution in [2.24, 2.45) is 0 Å². The lowest BCUT2D eigenvalue weighted by Crippen LogP contribution is -2.09. The van der Waals surface area contributed by atoms with Crippen molar-refractivity contribution in [2.45, 2.75) is 13.3 Å². The third kappa shape index (κ3) is 4.81. The summed E-state index contributed by atoms with van der Waals surface area (Å²) in [5.74, 6) is -0.171. The SMILES string of the molecule is CCC(=O)Nc1cccc(C(=O)C=Cc2ccc(N(C)C)cc2)c1. The maximum Gasteiger partial charge on any atom is 0.224 e. The Morgan fingerprint density at radius 1 is 1.08 bits per heavy atom. The second kappa shape index (κ2) is 8.11. The highest BCUT2D eigenvalue weighted by molar-refractivity contribution is 6.07. The predicted molar refractivity (Wildman–Crippen MR) is 99.5 cm³/mol. The van der Waals surface area contributed by atoms with Gasteiger partial charge in [0.1, 0.15) is 0 Å². The number of nitrogens with one attached hydrogen (secondary N) is 1. The number of nitrogens with zero attached hydrogens (tertiary/aromatic N) is 1. The van der Waals surface area contributed by atoms with Crippen LogP contribution < -0.4 is 10.2 Å². The minimum atomic E-state index is -0.0979. The average molecular weight is 322 g/mol. The molecule has 0 saturated heterocycles. The Hall–Kier alpha value is -2.88. The molecule has 2 aromatic rings. The predicted octanol–water partition coefficient (Wildman–Crippen LogP) is 4.00. The highest BCUT2D eigenvalue weighted by Crippen LogP contribution is 2.15. The maximum absolute atomic E-state index is 12.3. The van der Waals surface area contributed by atoms with E-state index in [1.54, 1.807) is 43.3 Å². The van der Waals surface area contributed by atoms with Gasteiger partial charge in [0, 0.05) is 37.5 Å². The first-order chi connectivity index (χ1) is 11.5. The molecule has 124 valence electrons. The molecule has 4 heteroatoms. The Kier molecular flexibility index (Phi) is 5.90. The van der Waals surface area contributed by atoms with E-state index in [0.29, 0.717) is 17.7 Å². The molecule has 0 saturated carbocycles. The largest absolute Gasteiger partial charge is 0.378 e. The molecule has 1 amide bonds. The van der Waals surface area contributed by atoms with Gasteiger partial charge in [-0.2, -0.15) is 0 Å². The molecule has 0 aromatic heterocycles. The molecule has 0 spiro atoms. The molecule has 0 aliphatic carbocycles. The van der Waals surface area contributed by atoms with Gasteiger partial charge in [-0.05, 0) is 35.9 Å². The summed E-state index contributed by atoms with van der Waals surface area (Å²) < 4.78 is 0. The van der Waals surface area contributed by atoms with Crippen LogP contribution in [0, 0.1) is 0 Å². The number of allylic oxidation sites excluding steroid dienone is 1. The zero-order chi connectivity index (χ0) is 17.5. The lowest BCUT2D eigenvalue weighted by molar-refractivity contribution is -0.115.